The Hall–Kier alpha value is -0.390. The van der Waals surface area contributed by atoms with E-state index in [0.29, 0.717) is 0 Å². The number of carbonyl (C=O) groups is 1. The fraction of sp³-hybridized carbons (Fsp3) is 0.643. The van der Waals surface area contributed by atoms with Gasteiger partial charge in [0, 0.05) is 29.0 Å². The second-order valence-corrected chi connectivity index (χ2v) is 7.07. The topological polar surface area (TPSA) is 23.6 Å². The maximum absolute atomic E-state index is 12.5. The van der Waals surface area contributed by atoms with Gasteiger partial charge < -0.3 is 9.80 Å². The minimum atomic E-state index is 0.198. The minimum absolute atomic E-state index is 0.198. The Morgan fingerprint density at radius 2 is 2.16 bits per heavy atom. The van der Waals surface area contributed by atoms with Crippen LogP contribution >= 0.6 is 27.3 Å². The standard InChI is InChI=1S/C14H21BrN2OS/c1-3-5-12-11(15)10-13(19-12)14(18)17-7-4-6-16(2)8-9-17/h10H,3-9H2,1-2H3. The molecule has 1 aliphatic heterocycles. The van der Waals surface area contributed by atoms with Crippen molar-refractivity contribution >= 4 is 33.2 Å². The molecule has 1 aromatic rings. The lowest BCUT2D eigenvalue weighted by Gasteiger charge is -2.19. The summed E-state index contributed by atoms with van der Waals surface area (Å²) in [5.41, 5.74) is 0. The number of aryl methyl sites for hydroxylation is 1. The second-order valence-electron chi connectivity index (χ2n) is 5.08. The quantitative estimate of drug-likeness (QED) is 0.840. The van der Waals surface area contributed by atoms with Crippen molar-refractivity contribution in [3.8, 4) is 0 Å². The maximum Gasteiger partial charge on any atom is 0.264 e. The molecular formula is C14H21BrN2OS. The van der Waals surface area contributed by atoms with E-state index in [0.717, 1.165) is 54.8 Å². The third-order valence-corrected chi connectivity index (χ3v) is 5.60. The van der Waals surface area contributed by atoms with Crippen LogP contribution in [0.15, 0.2) is 10.5 Å². The van der Waals surface area contributed by atoms with E-state index in [1.165, 1.54) is 4.88 Å². The molecule has 0 aromatic carbocycles. The third kappa shape index (κ3) is 3.80. The van der Waals surface area contributed by atoms with Gasteiger partial charge in [-0.05, 0) is 48.4 Å². The summed E-state index contributed by atoms with van der Waals surface area (Å²) in [7, 11) is 2.12. The summed E-state index contributed by atoms with van der Waals surface area (Å²) in [6.07, 6.45) is 3.22. The van der Waals surface area contributed by atoms with Gasteiger partial charge >= 0.3 is 0 Å². The Morgan fingerprint density at radius 3 is 2.89 bits per heavy atom. The highest BCUT2D eigenvalue weighted by Gasteiger charge is 2.21. The highest BCUT2D eigenvalue weighted by molar-refractivity contribution is 9.10. The first kappa shape index (κ1) is 15.0. The molecule has 1 amide bonds. The van der Waals surface area contributed by atoms with Crippen molar-refractivity contribution in [1.82, 2.24) is 9.80 Å². The van der Waals surface area contributed by atoms with E-state index in [-0.39, 0.29) is 5.91 Å². The van der Waals surface area contributed by atoms with Crippen LogP contribution in [-0.2, 0) is 6.42 Å². The first-order chi connectivity index (χ1) is 9.11. The summed E-state index contributed by atoms with van der Waals surface area (Å²) in [6, 6.07) is 1.99. The average molecular weight is 345 g/mol. The number of rotatable bonds is 3. The molecule has 0 aliphatic carbocycles. The van der Waals surface area contributed by atoms with Gasteiger partial charge in [0.1, 0.15) is 0 Å². The molecule has 1 fully saturated rings. The van der Waals surface area contributed by atoms with Gasteiger partial charge in [-0.2, -0.15) is 0 Å². The van der Waals surface area contributed by atoms with Crippen molar-refractivity contribution in [2.24, 2.45) is 0 Å². The fourth-order valence-corrected chi connectivity index (χ4v) is 4.26. The van der Waals surface area contributed by atoms with E-state index in [1.807, 2.05) is 11.0 Å². The predicted molar refractivity (Wildman–Crippen MR) is 84.0 cm³/mol. The lowest BCUT2D eigenvalue weighted by molar-refractivity contribution is 0.0767. The number of hydrogen-bond acceptors (Lipinski definition) is 3. The molecule has 106 valence electrons. The Morgan fingerprint density at radius 1 is 1.37 bits per heavy atom. The normalized spacial score (nSPS) is 17.5. The molecule has 0 saturated carbocycles. The second kappa shape index (κ2) is 6.86. The van der Waals surface area contributed by atoms with Crippen molar-refractivity contribution in [3.05, 3.63) is 20.3 Å². The number of amides is 1. The van der Waals surface area contributed by atoms with Gasteiger partial charge in [0.05, 0.1) is 4.88 Å². The molecule has 0 bridgehead atoms. The van der Waals surface area contributed by atoms with Gasteiger partial charge in [0.2, 0.25) is 0 Å². The van der Waals surface area contributed by atoms with Gasteiger partial charge in [-0.1, -0.05) is 13.3 Å². The lowest BCUT2D eigenvalue weighted by atomic mass is 10.3. The monoisotopic (exact) mass is 344 g/mol. The van der Waals surface area contributed by atoms with Crippen LogP contribution in [0.5, 0.6) is 0 Å². The highest BCUT2D eigenvalue weighted by atomic mass is 79.9. The van der Waals surface area contributed by atoms with E-state index >= 15 is 0 Å². The first-order valence-corrected chi connectivity index (χ1v) is 8.48. The summed E-state index contributed by atoms with van der Waals surface area (Å²) in [4.78, 5) is 19.0. The van der Waals surface area contributed by atoms with Crippen LogP contribution < -0.4 is 0 Å². The summed E-state index contributed by atoms with van der Waals surface area (Å²) in [6.45, 7) is 5.94. The van der Waals surface area contributed by atoms with Crippen molar-refractivity contribution < 1.29 is 4.79 Å². The first-order valence-electron chi connectivity index (χ1n) is 6.88. The Bertz CT molecular complexity index is 447. The smallest absolute Gasteiger partial charge is 0.264 e. The van der Waals surface area contributed by atoms with E-state index < -0.39 is 0 Å². The molecule has 0 spiro atoms. The van der Waals surface area contributed by atoms with Gasteiger partial charge in [-0.25, -0.2) is 0 Å². The van der Waals surface area contributed by atoms with Crippen LogP contribution in [-0.4, -0.2) is 48.9 Å². The molecule has 19 heavy (non-hydrogen) atoms. The molecular weight excluding hydrogens is 324 g/mol. The molecule has 1 aliphatic rings. The van der Waals surface area contributed by atoms with Crippen molar-refractivity contribution in [2.45, 2.75) is 26.2 Å². The van der Waals surface area contributed by atoms with E-state index in [2.05, 4.69) is 34.8 Å². The molecule has 5 heteroatoms. The number of likely N-dealkylation sites (N-methyl/N-ethyl adjacent to an activating group) is 1. The van der Waals surface area contributed by atoms with Gasteiger partial charge in [-0.3, -0.25) is 4.79 Å². The lowest BCUT2D eigenvalue weighted by Crippen LogP contribution is -2.34. The van der Waals surface area contributed by atoms with Crippen LogP contribution in [0.2, 0.25) is 0 Å². The zero-order valence-corrected chi connectivity index (χ0v) is 14.0. The van der Waals surface area contributed by atoms with Gasteiger partial charge in [0.25, 0.3) is 5.91 Å². The largest absolute Gasteiger partial charge is 0.337 e. The summed E-state index contributed by atoms with van der Waals surface area (Å²) in [5, 5.41) is 0. The Kier molecular flexibility index (Phi) is 5.42. The number of nitrogens with zero attached hydrogens (tertiary/aromatic N) is 2. The molecule has 0 radical (unpaired) electrons. The molecule has 1 saturated heterocycles. The van der Waals surface area contributed by atoms with Crippen molar-refractivity contribution in [1.29, 1.82) is 0 Å². The number of carbonyl (C=O) groups excluding carboxylic acids is 1. The molecule has 1 aromatic heterocycles. The molecule has 2 heterocycles. The molecule has 3 nitrogen and oxygen atoms in total. The summed E-state index contributed by atoms with van der Waals surface area (Å²) in [5.74, 6) is 0.198. The predicted octanol–water partition coefficient (Wildman–Crippen LogP) is 3.24. The average Bonchev–Trinajstić information content (AvgIpc) is 2.60. The Balaban J connectivity index is 2.08. The summed E-state index contributed by atoms with van der Waals surface area (Å²) >= 11 is 5.21. The molecule has 2 rings (SSSR count). The highest BCUT2D eigenvalue weighted by Crippen LogP contribution is 2.29. The minimum Gasteiger partial charge on any atom is -0.337 e. The SMILES string of the molecule is CCCc1sc(C(=O)N2CCCN(C)CC2)cc1Br. The zero-order valence-electron chi connectivity index (χ0n) is 11.6. The van der Waals surface area contributed by atoms with E-state index in [9.17, 15) is 4.79 Å². The molecule has 0 atom stereocenters. The van der Waals surface area contributed by atoms with Crippen LogP contribution in [0.3, 0.4) is 0 Å². The van der Waals surface area contributed by atoms with Gasteiger partial charge in [-0.15, -0.1) is 11.3 Å². The maximum atomic E-state index is 12.5. The zero-order chi connectivity index (χ0) is 13.8. The third-order valence-electron chi connectivity index (χ3n) is 3.45. The van der Waals surface area contributed by atoms with Gasteiger partial charge in [0.15, 0.2) is 0 Å². The van der Waals surface area contributed by atoms with E-state index in [4.69, 9.17) is 0 Å². The van der Waals surface area contributed by atoms with Crippen molar-refractivity contribution in [2.75, 3.05) is 33.2 Å². The van der Waals surface area contributed by atoms with Crippen LogP contribution in [0, 0.1) is 0 Å². The number of thiophene rings is 1. The summed E-state index contributed by atoms with van der Waals surface area (Å²) < 4.78 is 1.09. The van der Waals surface area contributed by atoms with Crippen molar-refractivity contribution in [3.63, 3.8) is 0 Å². The number of hydrogen-bond donors (Lipinski definition) is 0. The van der Waals surface area contributed by atoms with Crippen LogP contribution in [0.4, 0.5) is 0 Å². The number of halogens is 1. The molecule has 0 N–H and O–H groups in total. The molecule has 0 unspecified atom stereocenters. The Labute approximate surface area is 127 Å². The van der Waals surface area contributed by atoms with Crippen LogP contribution in [0.1, 0.15) is 34.3 Å². The fourth-order valence-electron chi connectivity index (χ4n) is 2.31. The van der Waals surface area contributed by atoms with E-state index in [1.54, 1.807) is 11.3 Å². The van der Waals surface area contributed by atoms with Crippen LogP contribution in [0.25, 0.3) is 0 Å².